The van der Waals surface area contributed by atoms with E-state index in [1.165, 1.54) is 11.1 Å². The summed E-state index contributed by atoms with van der Waals surface area (Å²) in [4.78, 5) is 12.2. The molecule has 0 saturated heterocycles. The molecule has 0 spiro atoms. The van der Waals surface area contributed by atoms with Crippen LogP contribution in [0.25, 0.3) is 0 Å². The summed E-state index contributed by atoms with van der Waals surface area (Å²) >= 11 is 0. The van der Waals surface area contributed by atoms with Crippen molar-refractivity contribution in [1.29, 1.82) is 0 Å². The number of allylic oxidation sites excluding steroid dienone is 12. The highest BCUT2D eigenvalue weighted by molar-refractivity contribution is 6.11. The Kier molecular flexibility index (Phi) is 2.97. The maximum absolute atomic E-state index is 12.2. The first-order valence-corrected chi connectivity index (χ1v) is 6.50. The van der Waals surface area contributed by atoms with Gasteiger partial charge in [-0.3, -0.25) is 4.79 Å². The van der Waals surface area contributed by atoms with Gasteiger partial charge in [0.05, 0.1) is 0 Å². The highest BCUT2D eigenvalue weighted by atomic mass is 16.1. The van der Waals surface area contributed by atoms with Crippen molar-refractivity contribution >= 4 is 5.78 Å². The molecule has 3 aliphatic rings. The molecule has 0 aromatic carbocycles. The van der Waals surface area contributed by atoms with Crippen LogP contribution in [0.15, 0.2) is 70.9 Å². The standard InChI is InChI=1S/C17H16O/c18-17-15(11-13-5-1-2-6-13)9-10-16(17)12-14-7-3-4-8-14/h1-5,7,11-12H,6,8-10H2/b15-11-,16-12+. The Balaban J connectivity index is 1.76. The van der Waals surface area contributed by atoms with Crippen LogP contribution in [-0.2, 0) is 4.79 Å². The van der Waals surface area contributed by atoms with Gasteiger partial charge in [0.1, 0.15) is 0 Å². The Morgan fingerprint density at radius 2 is 1.33 bits per heavy atom. The minimum Gasteiger partial charge on any atom is -0.289 e. The van der Waals surface area contributed by atoms with Crippen molar-refractivity contribution in [3.05, 3.63) is 70.9 Å². The summed E-state index contributed by atoms with van der Waals surface area (Å²) in [6.07, 6.45) is 20.4. The van der Waals surface area contributed by atoms with E-state index in [0.29, 0.717) is 0 Å². The molecule has 18 heavy (non-hydrogen) atoms. The maximum Gasteiger partial charge on any atom is 0.185 e. The predicted octanol–water partition coefficient (Wildman–Crippen LogP) is 3.97. The fraction of sp³-hybridized carbons (Fsp3) is 0.235. The average Bonchev–Trinajstić information content (AvgIpc) is 3.08. The molecular weight excluding hydrogens is 220 g/mol. The number of rotatable bonds is 2. The van der Waals surface area contributed by atoms with E-state index in [-0.39, 0.29) is 5.78 Å². The molecule has 3 aliphatic carbocycles. The zero-order chi connectivity index (χ0) is 12.4. The first-order valence-electron chi connectivity index (χ1n) is 6.50. The molecule has 1 fully saturated rings. The van der Waals surface area contributed by atoms with Gasteiger partial charge in [-0.05, 0) is 36.8 Å². The van der Waals surface area contributed by atoms with E-state index in [4.69, 9.17) is 0 Å². The number of carbonyl (C=O) groups excluding carboxylic acids is 1. The van der Waals surface area contributed by atoms with E-state index in [2.05, 4.69) is 48.6 Å². The molecule has 1 heteroatoms. The Morgan fingerprint density at radius 3 is 1.72 bits per heavy atom. The van der Waals surface area contributed by atoms with E-state index in [0.717, 1.165) is 36.8 Å². The fourth-order valence-electron chi connectivity index (χ4n) is 2.57. The Bertz CT molecular complexity index is 512. The van der Waals surface area contributed by atoms with Crippen molar-refractivity contribution in [3.8, 4) is 0 Å². The summed E-state index contributed by atoms with van der Waals surface area (Å²) in [5, 5.41) is 0. The highest BCUT2D eigenvalue weighted by Crippen LogP contribution is 2.30. The van der Waals surface area contributed by atoms with E-state index >= 15 is 0 Å². The van der Waals surface area contributed by atoms with Crippen molar-refractivity contribution in [3.63, 3.8) is 0 Å². The Morgan fingerprint density at radius 1 is 0.833 bits per heavy atom. The van der Waals surface area contributed by atoms with Gasteiger partial charge in [-0.2, -0.15) is 0 Å². The third-order valence-corrected chi connectivity index (χ3v) is 3.57. The quantitative estimate of drug-likeness (QED) is 0.663. The lowest BCUT2D eigenvalue weighted by molar-refractivity contribution is -0.111. The van der Waals surface area contributed by atoms with Crippen LogP contribution in [0.3, 0.4) is 0 Å². The third-order valence-electron chi connectivity index (χ3n) is 3.57. The second kappa shape index (κ2) is 4.77. The SMILES string of the molecule is O=C1/C(=C\C2=CC=CC2)CC/C1=C\C1=CC=CC1. The molecule has 0 radical (unpaired) electrons. The Labute approximate surface area is 108 Å². The van der Waals surface area contributed by atoms with E-state index in [9.17, 15) is 4.79 Å². The van der Waals surface area contributed by atoms with Crippen LogP contribution >= 0.6 is 0 Å². The normalized spacial score (nSPS) is 26.6. The molecule has 0 aromatic rings. The molecule has 0 unspecified atom stereocenters. The zero-order valence-corrected chi connectivity index (χ0v) is 10.4. The minimum atomic E-state index is 0.246. The second-order valence-electron chi connectivity index (χ2n) is 4.92. The highest BCUT2D eigenvalue weighted by Gasteiger charge is 2.23. The molecule has 0 aromatic heterocycles. The summed E-state index contributed by atoms with van der Waals surface area (Å²) in [7, 11) is 0. The van der Waals surface area contributed by atoms with Crippen molar-refractivity contribution in [2.24, 2.45) is 0 Å². The largest absolute Gasteiger partial charge is 0.289 e. The van der Waals surface area contributed by atoms with Crippen molar-refractivity contribution in [1.82, 2.24) is 0 Å². The van der Waals surface area contributed by atoms with E-state index < -0.39 is 0 Å². The van der Waals surface area contributed by atoms with Crippen molar-refractivity contribution in [2.45, 2.75) is 25.7 Å². The van der Waals surface area contributed by atoms with Gasteiger partial charge in [0.25, 0.3) is 0 Å². The lowest BCUT2D eigenvalue weighted by atomic mass is 10.1. The summed E-state index contributed by atoms with van der Waals surface area (Å²) in [5.74, 6) is 0.246. The van der Waals surface area contributed by atoms with Gasteiger partial charge in [0.2, 0.25) is 0 Å². The lowest BCUT2D eigenvalue weighted by Gasteiger charge is -1.97. The van der Waals surface area contributed by atoms with Crippen LogP contribution in [0.5, 0.6) is 0 Å². The van der Waals surface area contributed by atoms with Gasteiger partial charge < -0.3 is 0 Å². The molecule has 90 valence electrons. The van der Waals surface area contributed by atoms with E-state index in [1.54, 1.807) is 0 Å². The predicted molar refractivity (Wildman–Crippen MR) is 74.1 cm³/mol. The maximum atomic E-state index is 12.2. The molecule has 0 amide bonds. The van der Waals surface area contributed by atoms with Gasteiger partial charge in [-0.1, -0.05) is 48.6 Å². The van der Waals surface area contributed by atoms with Crippen LogP contribution in [0.1, 0.15) is 25.7 Å². The Hall–Kier alpha value is -1.89. The van der Waals surface area contributed by atoms with Gasteiger partial charge >= 0.3 is 0 Å². The lowest BCUT2D eigenvalue weighted by Crippen LogP contribution is -1.96. The minimum absolute atomic E-state index is 0.246. The monoisotopic (exact) mass is 236 g/mol. The van der Waals surface area contributed by atoms with Crippen LogP contribution in [0.2, 0.25) is 0 Å². The van der Waals surface area contributed by atoms with Crippen LogP contribution < -0.4 is 0 Å². The fourth-order valence-corrected chi connectivity index (χ4v) is 2.57. The molecule has 0 atom stereocenters. The van der Waals surface area contributed by atoms with Gasteiger partial charge in [-0.25, -0.2) is 0 Å². The molecule has 1 nitrogen and oxygen atoms in total. The summed E-state index contributed by atoms with van der Waals surface area (Å²) in [5.41, 5.74) is 4.45. The second-order valence-corrected chi connectivity index (χ2v) is 4.92. The third kappa shape index (κ3) is 2.21. The molecular formula is C17H16O. The van der Waals surface area contributed by atoms with E-state index in [1.807, 2.05) is 0 Å². The molecule has 3 rings (SSSR count). The number of hydrogen-bond acceptors (Lipinski definition) is 1. The first kappa shape index (κ1) is 11.2. The van der Waals surface area contributed by atoms with Crippen molar-refractivity contribution in [2.75, 3.05) is 0 Å². The number of carbonyl (C=O) groups is 1. The van der Waals surface area contributed by atoms with Crippen molar-refractivity contribution < 1.29 is 4.79 Å². The summed E-state index contributed by atoms with van der Waals surface area (Å²) < 4.78 is 0. The zero-order valence-electron chi connectivity index (χ0n) is 10.4. The van der Waals surface area contributed by atoms with Gasteiger partial charge in [-0.15, -0.1) is 0 Å². The molecule has 0 bridgehead atoms. The number of Topliss-reactive ketones (excluding diaryl/α,β-unsaturated/α-hetero) is 1. The smallest absolute Gasteiger partial charge is 0.185 e. The molecule has 0 heterocycles. The van der Waals surface area contributed by atoms with Gasteiger partial charge in [0.15, 0.2) is 5.78 Å². The topological polar surface area (TPSA) is 17.1 Å². The summed E-state index contributed by atoms with van der Waals surface area (Å²) in [6.45, 7) is 0. The molecule has 0 N–H and O–H groups in total. The molecule has 0 aliphatic heterocycles. The van der Waals surface area contributed by atoms with Crippen LogP contribution in [0.4, 0.5) is 0 Å². The summed E-state index contributed by atoms with van der Waals surface area (Å²) in [6, 6.07) is 0. The molecule has 1 saturated carbocycles. The average molecular weight is 236 g/mol. The first-order chi connectivity index (χ1) is 8.83. The number of hydrogen-bond donors (Lipinski definition) is 0. The number of ketones is 1. The van der Waals surface area contributed by atoms with Crippen LogP contribution in [0, 0.1) is 0 Å². The van der Waals surface area contributed by atoms with Gasteiger partial charge in [0, 0.05) is 11.1 Å². The van der Waals surface area contributed by atoms with Crippen LogP contribution in [-0.4, -0.2) is 5.78 Å².